The zero-order valence-corrected chi connectivity index (χ0v) is 14.6. The number of carbonyl (C=O) groups is 2. The number of aliphatic hydroxyl groups excluding tert-OH is 1. The molecule has 0 spiro atoms. The van der Waals surface area contributed by atoms with Gasteiger partial charge in [0.2, 0.25) is 5.91 Å². The van der Waals surface area contributed by atoms with E-state index in [-0.39, 0.29) is 18.4 Å². The van der Waals surface area contributed by atoms with Crippen molar-refractivity contribution in [2.75, 3.05) is 25.0 Å². The van der Waals surface area contributed by atoms with Gasteiger partial charge in [-0.1, -0.05) is 19.9 Å². The number of benzene rings is 1. The molecule has 1 fully saturated rings. The molecule has 1 aliphatic rings. The average Bonchev–Trinajstić information content (AvgIpc) is 2.59. The Morgan fingerprint density at radius 2 is 2.00 bits per heavy atom. The minimum absolute atomic E-state index is 0.00957. The number of anilines is 1. The van der Waals surface area contributed by atoms with Gasteiger partial charge in [-0.2, -0.15) is 0 Å². The summed E-state index contributed by atoms with van der Waals surface area (Å²) in [5, 5.41) is 12.1. The molecule has 0 bridgehead atoms. The number of likely N-dealkylation sites (tertiary alicyclic amines) is 1. The number of amides is 2. The Labute approximate surface area is 144 Å². The molecule has 132 valence electrons. The van der Waals surface area contributed by atoms with Crippen molar-refractivity contribution in [1.82, 2.24) is 4.90 Å². The second-order valence-electron chi connectivity index (χ2n) is 6.98. The van der Waals surface area contributed by atoms with Crippen LogP contribution in [-0.4, -0.2) is 41.5 Å². The van der Waals surface area contributed by atoms with Gasteiger partial charge in [-0.25, -0.2) is 0 Å². The monoisotopic (exact) mass is 332 g/mol. The maximum atomic E-state index is 12.6. The molecular weight excluding hydrogens is 304 g/mol. The van der Waals surface area contributed by atoms with E-state index in [9.17, 15) is 14.7 Å². The van der Waals surface area contributed by atoms with Crippen LogP contribution >= 0.6 is 0 Å². The summed E-state index contributed by atoms with van der Waals surface area (Å²) in [6, 6.07) is 7.13. The lowest BCUT2D eigenvalue weighted by atomic mass is 9.97. The van der Waals surface area contributed by atoms with Gasteiger partial charge in [0.15, 0.2) is 0 Å². The number of rotatable bonds is 6. The minimum atomic E-state index is -0.0166. The number of nitrogens with one attached hydrogen (secondary N) is 1. The summed E-state index contributed by atoms with van der Waals surface area (Å²) in [6.45, 7) is 5.73. The summed E-state index contributed by atoms with van der Waals surface area (Å²) in [6.07, 6.45) is 3.02. The largest absolute Gasteiger partial charge is 0.396 e. The first-order valence-corrected chi connectivity index (χ1v) is 8.79. The van der Waals surface area contributed by atoms with Crippen molar-refractivity contribution in [3.63, 3.8) is 0 Å². The van der Waals surface area contributed by atoms with Gasteiger partial charge < -0.3 is 15.3 Å². The first-order chi connectivity index (χ1) is 11.5. The lowest BCUT2D eigenvalue weighted by Gasteiger charge is -2.31. The van der Waals surface area contributed by atoms with E-state index in [0.29, 0.717) is 42.6 Å². The standard InChI is InChI=1S/C19H28N2O3/c1-14(2)6-7-18(23)20-17-5-3-4-16(12-17)19(24)21-10-8-15(13-22)9-11-21/h3-5,12,14-15,22H,6-11,13H2,1-2H3,(H,20,23). The van der Waals surface area contributed by atoms with Crippen molar-refractivity contribution in [2.24, 2.45) is 11.8 Å². The van der Waals surface area contributed by atoms with Crippen molar-refractivity contribution in [3.05, 3.63) is 29.8 Å². The van der Waals surface area contributed by atoms with Crippen LogP contribution < -0.4 is 5.32 Å². The molecule has 1 aromatic rings. The highest BCUT2D eigenvalue weighted by Gasteiger charge is 2.23. The topological polar surface area (TPSA) is 69.6 Å². The van der Waals surface area contributed by atoms with E-state index in [2.05, 4.69) is 19.2 Å². The van der Waals surface area contributed by atoms with E-state index in [0.717, 1.165) is 19.3 Å². The molecule has 1 saturated heterocycles. The van der Waals surface area contributed by atoms with Crippen LogP contribution in [0.5, 0.6) is 0 Å². The number of hydrogen-bond donors (Lipinski definition) is 2. The fourth-order valence-electron chi connectivity index (χ4n) is 2.87. The van der Waals surface area contributed by atoms with Crippen molar-refractivity contribution in [3.8, 4) is 0 Å². The molecule has 2 N–H and O–H groups in total. The first kappa shape index (κ1) is 18.5. The van der Waals surface area contributed by atoms with Crippen LogP contribution in [0.15, 0.2) is 24.3 Å². The highest BCUT2D eigenvalue weighted by molar-refractivity contribution is 5.97. The van der Waals surface area contributed by atoms with E-state index in [4.69, 9.17) is 0 Å². The summed E-state index contributed by atoms with van der Waals surface area (Å²) in [5.41, 5.74) is 1.26. The average molecular weight is 332 g/mol. The minimum Gasteiger partial charge on any atom is -0.396 e. The summed E-state index contributed by atoms with van der Waals surface area (Å²) in [7, 11) is 0. The van der Waals surface area contributed by atoms with Crippen LogP contribution in [0, 0.1) is 11.8 Å². The highest BCUT2D eigenvalue weighted by Crippen LogP contribution is 2.20. The molecule has 0 aliphatic carbocycles. The summed E-state index contributed by atoms with van der Waals surface area (Å²) < 4.78 is 0. The van der Waals surface area contributed by atoms with Crippen LogP contribution in [0.1, 0.15) is 49.9 Å². The second-order valence-corrected chi connectivity index (χ2v) is 6.98. The van der Waals surface area contributed by atoms with Gasteiger partial charge in [0.25, 0.3) is 5.91 Å². The third-order valence-electron chi connectivity index (χ3n) is 4.50. The second kappa shape index (κ2) is 8.83. The molecule has 0 saturated carbocycles. The molecule has 1 aromatic carbocycles. The summed E-state index contributed by atoms with van der Waals surface area (Å²) in [4.78, 5) is 26.4. The van der Waals surface area contributed by atoms with E-state index in [1.54, 1.807) is 18.2 Å². The van der Waals surface area contributed by atoms with Gasteiger partial charge in [0, 0.05) is 37.4 Å². The maximum absolute atomic E-state index is 12.6. The molecule has 1 aliphatic heterocycles. The van der Waals surface area contributed by atoms with Crippen molar-refractivity contribution >= 4 is 17.5 Å². The molecule has 1 heterocycles. The van der Waals surface area contributed by atoms with Crippen LogP contribution in [-0.2, 0) is 4.79 Å². The predicted molar refractivity (Wildman–Crippen MR) is 94.9 cm³/mol. The third-order valence-corrected chi connectivity index (χ3v) is 4.50. The third kappa shape index (κ3) is 5.34. The van der Waals surface area contributed by atoms with Crippen LogP contribution in [0.4, 0.5) is 5.69 Å². The molecule has 0 aromatic heterocycles. The molecule has 2 amide bonds. The molecule has 0 radical (unpaired) electrons. The van der Waals surface area contributed by atoms with Gasteiger partial charge in [0.05, 0.1) is 0 Å². The molecule has 5 heteroatoms. The Balaban J connectivity index is 1.94. The van der Waals surface area contributed by atoms with Crippen molar-refractivity contribution in [1.29, 1.82) is 0 Å². The van der Waals surface area contributed by atoms with Crippen LogP contribution in [0.3, 0.4) is 0 Å². The van der Waals surface area contributed by atoms with E-state index in [1.165, 1.54) is 0 Å². The predicted octanol–water partition coefficient (Wildman–Crippen LogP) is 2.91. The van der Waals surface area contributed by atoms with Gasteiger partial charge in [-0.3, -0.25) is 9.59 Å². The smallest absolute Gasteiger partial charge is 0.253 e. The molecular formula is C19H28N2O3. The maximum Gasteiger partial charge on any atom is 0.253 e. The first-order valence-electron chi connectivity index (χ1n) is 8.79. The Hall–Kier alpha value is -1.88. The highest BCUT2D eigenvalue weighted by atomic mass is 16.3. The number of aliphatic hydroxyl groups is 1. The van der Waals surface area contributed by atoms with E-state index in [1.807, 2.05) is 11.0 Å². The number of piperidine rings is 1. The molecule has 24 heavy (non-hydrogen) atoms. The molecule has 2 rings (SSSR count). The van der Waals surface area contributed by atoms with Gasteiger partial charge in [0.1, 0.15) is 0 Å². The normalized spacial score (nSPS) is 15.6. The van der Waals surface area contributed by atoms with Gasteiger partial charge in [-0.15, -0.1) is 0 Å². The fraction of sp³-hybridized carbons (Fsp3) is 0.579. The van der Waals surface area contributed by atoms with E-state index < -0.39 is 0 Å². The number of hydrogen-bond acceptors (Lipinski definition) is 3. The summed E-state index contributed by atoms with van der Waals surface area (Å²) in [5.74, 6) is 0.771. The Kier molecular flexibility index (Phi) is 6.79. The number of nitrogens with zero attached hydrogens (tertiary/aromatic N) is 1. The lowest BCUT2D eigenvalue weighted by molar-refractivity contribution is -0.116. The molecule has 0 atom stereocenters. The van der Waals surface area contributed by atoms with E-state index >= 15 is 0 Å². The zero-order valence-electron chi connectivity index (χ0n) is 14.6. The summed E-state index contributed by atoms with van der Waals surface area (Å²) >= 11 is 0. The van der Waals surface area contributed by atoms with Gasteiger partial charge >= 0.3 is 0 Å². The Bertz CT molecular complexity index is 563. The Morgan fingerprint density at radius 3 is 2.62 bits per heavy atom. The quantitative estimate of drug-likeness (QED) is 0.841. The fourth-order valence-corrected chi connectivity index (χ4v) is 2.87. The number of carbonyl (C=O) groups excluding carboxylic acids is 2. The Morgan fingerprint density at radius 1 is 1.29 bits per heavy atom. The molecule has 5 nitrogen and oxygen atoms in total. The SMILES string of the molecule is CC(C)CCC(=O)Nc1cccc(C(=O)N2CCC(CO)CC2)c1. The molecule has 0 unspecified atom stereocenters. The van der Waals surface area contributed by atoms with Crippen LogP contribution in [0.2, 0.25) is 0 Å². The lowest BCUT2D eigenvalue weighted by Crippen LogP contribution is -2.39. The van der Waals surface area contributed by atoms with Crippen molar-refractivity contribution in [2.45, 2.75) is 39.5 Å². The van der Waals surface area contributed by atoms with Crippen LogP contribution in [0.25, 0.3) is 0 Å². The van der Waals surface area contributed by atoms with Gasteiger partial charge in [-0.05, 0) is 49.3 Å². The zero-order chi connectivity index (χ0) is 17.5. The van der Waals surface area contributed by atoms with Crippen molar-refractivity contribution < 1.29 is 14.7 Å².